The number of ketones is 2. The van der Waals surface area contributed by atoms with Crippen molar-refractivity contribution in [3.63, 3.8) is 0 Å². The van der Waals surface area contributed by atoms with E-state index in [-0.39, 0.29) is 21.0 Å². The first-order valence-corrected chi connectivity index (χ1v) is 11.4. The lowest BCUT2D eigenvalue weighted by Crippen LogP contribution is -2.33. The van der Waals surface area contributed by atoms with Crippen molar-refractivity contribution in [2.75, 3.05) is 0 Å². The molecule has 7 heteroatoms. The number of hydrogen-bond acceptors (Lipinski definition) is 4. The van der Waals surface area contributed by atoms with Crippen LogP contribution in [0.5, 0.6) is 0 Å². The largest absolute Gasteiger partial charge is 0.294 e. The number of aryl methyl sites for hydroxylation is 1. The molecule has 154 valence electrons. The lowest BCUT2D eigenvalue weighted by Gasteiger charge is -2.17. The molecule has 3 aromatic rings. The van der Waals surface area contributed by atoms with Crippen molar-refractivity contribution in [2.45, 2.75) is 23.5 Å². The Balaban J connectivity index is 2.04. The van der Waals surface area contributed by atoms with E-state index in [4.69, 9.17) is 23.2 Å². The van der Waals surface area contributed by atoms with Gasteiger partial charge in [0.15, 0.2) is 21.4 Å². The maximum Gasteiger partial charge on any atom is 0.189 e. The monoisotopic (exact) mass is 460 g/mol. The van der Waals surface area contributed by atoms with E-state index >= 15 is 0 Å². The van der Waals surface area contributed by atoms with Crippen LogP contribution in [0.4, 0.5) is 0 Å². The molecule has 0 unspecified atom stereocenters. The van der Waals surface area contributed by atoms with Crippen molar-refractivity contribution in [3.8, 4) is 0 Å². The van der Waals surface area contributed by atoms with Crippen LogP contribution in [0.15, 0.2) is 77.7 Å². The molecule has 0 saturated carbocycles. The summed E-state index contributed by atoms with van der Waals surface area (Å²) in [5, 5.41) is -1.13. The molecule has 1 atom stereocenters. The fraction of sp³-hybridized carbons (Fsp3) is 0.130. The number of halogens is 2. The molecule has 0 N–H and O–H groups in total. The Kier molecular flexibility index (Phi) is 6.76. The molecule has 0 radical (unpaired) electrons. The van der Waals surface area contributed by atoms with Crippen molar-refractivity contribution in [3.05, 3.63) is 99.5 Å². The zero-order chi connectivity index (χ0) is 21.9. The van der Waals surface area contributed by atoms with E-state index < -0.39 is 33.1 Å². The third-order valence-corrected chi connectivity index (χ3v) is 7.28. The number of carbonyl (C=O) groups excluding carboxylic acids is 2. The lowest BCUT2D eigenvalue weighted by molar-refractivity contribution is 0.0921. The second kappa shape index (κ2) is 9.13. The van der Waals surface area contributed by atoms with Crippen LogP contribution >= 0.6 is 23.2 Å². The molecule has 3 aromatic carbocycles. The van der Waals surface area contributed by atoms with Gasteiger partial charge in [0.25, 0.3) is 0 Å². The van der Waals surface area contributed by atoms with Gasteiger partial charge in [-0.15, -0.1) is 0 Å². The van der Waals surface area contributed by atoms with E-state index in [0.29, 0.717) is 5.02 Å². The Labute approximate surface area is 185 Å². The van der Waals surface area contributed by atoms with Crippen LogP contribution in [-0.4, -0.2) is 25.2 Å². The first kappa shape index (κ1) is 22.2. The van der Waals surface area contributed by atoms with Crippen molar-refractivity contribution >= 4 is 44.6 Å². The molecule has 30 heavy (non-hydrogen) atoms. The summed E-state index contributed by atoms with van der Waals surface area (Å²) in [6, 6.07) is 18.5. The summed E-state index contributed by atoms with van der Waals surface area (Å²) in [5.74, 6) is -1.20. The minimum atomic E-state index is -4.13. The summed E-state index contributed by atoms with van der Waals surface area (Å²) < 4.78 is 26.7. The Hall–Kier alpha value is -2.47. The van der Waals surface area contributed by atoms with E-state index in [1.807, 2.05) is 6.92 Å². The molecule has 0 spiro atoms. The molecule has 0 aliphatic heterocycles. The molecule has 0 amide bonds. The Morgan fingerprint density at radius 2 is 1.53 bits per heavy atom. The number of Topliss-reactive ketones (excluding diaryl/α,β-unsaturated/α-hetero) is 2. The number of rotatable bonds is 7. The molecule has 0 heterocycles. The second-order valence-corrected chi connectivity index (χ2v) is 9.80. The van der Waals surface area contributed by atoms with Gasteiger partial charge >= 0.3 is 0 Å². The van der Waals surface area contributed by atoms with Gasteiger partial charge in [-0.25, -0.2) is 8.42 Å². The third kappa shape index (κ3) is 4.81. The first-order valence-electron chi connectivity index (χ1n) is 9.08. The van der Waals surface area contributed by atoms with Gasteiger partial charge in [-0.1, -0.05) is 71.2 Å². The predicted octanol–water partition coefficient (Wildman–Crippen LogP) is 5.60. The average Bonchev–Trinajstić information content (AvgIpc) is 2.72. The maximum absolute atomic E-state index is 13.3. The fourth-order valence-corrected chi connectivity index (χ4v) is 5.16. The molecule has 0 fully saturated rings. The quantitative estimate of drug-likeness (QED) is 0.430. The molecule has 3 rings (SSSR count). The van der Waals surface area contributed by atoms with Gasteiger partial charge in [-0.3, -0.25) is 9.59 Å². The van der Waals surface area contributed by atoms with Crippen molar-refractivity contribution in [2.24, 2.45) is 0 Å². The zero-order valence-electron chi connectivity index (χ0n) is 16.0. The topological polar surface area (TPSA) is 68.3 Å². The summed E-state index contributed by atoms with van der Waals surface area (Å²) in [5.41, 5.74) is 1.21. The molecular weight excluding hydrogens is 443 g/mol. The fourth-order valence-electron chi connectivity index (χ4n) is 3.02. The van der Waals surface area contributed by atoms with Gasteiger partial charge in [-0.2, -0.15) is 0 Å². The molecule has 0 aliphatic carbocycles. The molecule has 0 bridgehead atoms. The van der Waals surface area contributed by atoms with Crippen molar-refractivity contribution in [1.82, 2.24) is 0 Å². The predicted molar refractivity (Wildman–Crippen MR) is 118 cm³/mol. The summed E-state index contributed by atoms with van der Waals surface area (Å²) >= 11 is 12.0. The van der Waals surface area contributed by atoms with Gasteiger partial charge < -0.3 is 0 Å². The van der Waals surface area contributed by atoms with E-state index in [2.05, 4.69) is 0 Å². The number of benzene rings is 3. The summed E-state index contributed by atoms with van der Waals surface area (Å²) in [6.45, 7) is 1.83. The molecule has 0 saturated heterocycles. The van der Waals surface area contributed by atoms with Crippen LogP contribution in [0.1, 0.15) is 32.7 Å². The van der Waals surface area contributed by atoms with Crippen molar-refractivity contribution < 1.29 is 18.0 Å². The summed E-state index contributed by atoms with van der Waals surface area (Å²) in [7, 11) is -4.13. The molecule has 4 nitrogen and oxygen atoms in total. The number of carbonyl (C=O) groups is 2. The zero-order valence-corrected chi connectivity index (χ0v) is 18.3. The van der Waals surface area contributed by atoms with Crippen LogP contribution in [0, 0.1) is 6.92 Å². The van der Waals surface area contributed by atoms with Gasteiger partial charge in [-0.05, 0) is 37.3 Å². The van der Waals surface area contributed by atoms with E-state index in [0.717, 1.165) is 5.56 Å². The van der Waals surface area contributed by atoms with Crippen LogP contribution < -0.4 is 0 Å². The summed E-state index contributed by atoms with van der Waals surface area (Å²) in [6.07, 6.45) is -0.536. The van der Waals surface area contributed by atoms with Crippen LogP contribution in [-0.2, 0) is 9.84 Å². The minimum absolute atomic E-state index is 0.0163. The van der Waals surface area contributed by atoms with E-state index in [9.17, 15) is 18.0 Å². The average molecular weight is 461 g/mol. The summed E-state index contributed by atoms with van der Waals surface area (Å²) in [4.78, 5) is 26.0. The SMILES string of the molecule is Cc1ccc(S(=O)(=O)[C@@H](CC(=O)c2ccc(Cl)cc2Cl)C(=O)c2ccccc2)cc1. The van der Waals surface area contributed by atoms with Gasteiger partial charge in [0.2, 0.25) is 0 Å². The van der Waals surface area contributed by atoms with Crippen LogP contribution in [0.3, 0.4) is 0 Å². The smallest absolute Gasteiger partial charge is 0.189 e. The highest BCUT2D eigenvalue weighted by atomic mass is 35.5. The van der Waals surface area contributed by atoms with Crippen molar-refractivity contribution in [1.29, 1.82) is 0 Å². The molecular formula is C23H18Cl2O4S. The molecule has 0 aromatic heterocycles. The van der Waals surface area contributed by atoms with E-state index in [1.54, 1.807) is 30.3 Å². The maximum atomic E-state index is 13.3. The lowest BCUT2D eigenvalue weighted by atomic mass is 10.0. The van der Waals surface area contributed by atoms with Crippen LogP contribution in [0.2, 0.25) is 10.0 Å². The Morgan fingerprint density at radius 1 is 0.900 bits per heavy atom. The van der Waals surface area contributed by atoms with Gasteiger partial charge in [0, 0.05) is 22.6 Å². The third-order valence-electron chi connectivity index (χ3n) is 4.68. The van der Waals surface area contributed by atoms with Gasteiger partial charge in [0.05, 0.1) is 9.92 Å². The van der Waals surface area contributed by atoms with E-state index in [1.165, 1.54) is 42.5 Å². The number of sulfone groups is 1. The van der Waals surface area contributed by atoms with Crippen LogP contribution in [0.25, 0.3) is 0 Å². The second-order valence-electron chi connectivity index (χ2n) is 6.83. The highest BCUT2D eigenvalue weighted by Gasteiger charge is 2.36. The Bertz CT molecular complexity index is 1190. The highest BCUT2D eigenvalue weighted by molar-refractivity contribution is 7.92. The normalized spacial score (nSPS) is 12.4. The minimum Gasteiger partial charge on any atom is -0.294 e. The first-order chi connectivity index (χ1) is 14.2. The van der Waals surface area contributed by atoms with Gasteiger partial charge in [0.1, 0.15) is 5.25 Å². The molecule has 0 aliphatic rings. The highest BCUT2D eigenvalue weighted by Crippen LogP contribution is 2.27. The Morgan fingerprint density at radius 3 is 2.13 bits per heavy atom. The number of hydrogen-bond donors (Lipinski definition) is 0. The standard InChI is InChI=1S/C23H18Cl2O4S/c1-15-7-10-18(11-8-15)30(28,29)22(23(27)16-5-3-2-4-6-16)14-21(26)19-12-9-17(24)13-20(19)25/h2-13,22H,14H2,1H3/t22-/m0/s1.